The topological polar surface area (TPSA) is 61.8 Å². The van der Waals surface area contributed by atoms with E-state index in [1.54, 1.807) is 18.2 Å². The lowest BCUT2D eigenvalue weighted by atomic mass is 9.67. The molecule has 0 spiro atoms. The Balaban J connectivity index is 1.52. The fourth-order valence-corrected chi connectivity index (χ4v) is 4.53. The van der Waals surface area contributed by atoms with Crippen molar-refractivity contribution in [2.45, 2.75) is 45.6 Å². The maximum Gasteiger partial charge on any atom is 0.221 e. The molecule has 33 heavy (non-hydrogen) atoms. The third-order valence-corrected chi connectivity index (χ3v) is 6.56. The first-order chi connectivity index (χ1) is 15.5. The molecule has 2 N–H and O–H groups in total. The van der Waals surface area contributed by atoms with Crippen LogP contribution in [0.1, 0.15) is 39.2 Å². The van der Waals surface area contributed by atoms with Crippen LogP contribution in [0, 0.1) is 17.0 Å². The summed E-state index contributed by atoms with van der Waals surface area (Å²) in [6.45, 7) is 8.05. The Morgan fingerprint density at radius 1 is 1.21 bits per heavy atom. The van der Waals surface area contributed by atoms with Gasteiger partial charge in [-0.25, -0.2) is 8.78 Å². The molecule has 1 unspecified atom stereocenters. The zero-order valence-electron chi connectivity index (χ0n) is 19.3. The van der Waals surface area contributed by atoms with Gasteiger partial charge in [0, 0.05) is 43.4 Å². The fraction of sp³-hybridized carbons (Fsp3) is 0.480. The van der Waals surface area contributed by atoms with Gasteiger partial charge < -0.3 is 20.1 Å². The smallest absolute Gasteiger partial charge is 0.221 e. The fourth-order valence-electron chi connectivity index (χ4n) is 4.36. The number of carbonyl (C=O) groups is 1. The van der Waals surface area contributed by atoms with E-state index in [0.717, 1.165) is 19.0 Å². The van der Waals surface area contributed by atoms with Crippen molar-refractivity contribution in [3.8, 4) is 5.75 Å². The molecule has 0 aromatic heterocycles. The van der Waals surface area contributed by atoms with Crippen molar-refractivity contribution in [3.63, 3.8) is 0 Å². The SMILES string of the molecule is CC(=O)Nc1cc(Cl)ccc1OCCCN1CCC(O)(Cc2ccc(F)c(F)c2)C(C)(C)C1. The highest BCUT2D eigenvalue weighted by molar-refractivity contribution is 6.31. The summed E-state index contributed by atoms with van der Waals surface area (Å²) in [4.78, 5) is 13.7. The first kappa shape index (κ1) is 25.4. The second-order valence-electron chi connectivity index (χ2n) is 9.39. The van der Waals surface area contributed by atoms with E-state index in [1.165, 1.54) is 19.1 Å². The number of likely N-dealkylation sites (tertiary alicyclic amines) is 1. The predicted molar refractivity (Wildman–Crippen MR) is 126 cm³/mol. The lowest BCUT2D eigenvalue weighted by Gasteiger charge is -2.50. The number of piperidine rings is 1. The number of anilines is 1. The molecule has 0 aliphatic carbocycles. The second kappa shape index (κ2) is 10.4. The number of halogens is 3. The third-order valence-electron chi connectivity index (χ3n) is 6.33. The number of hydrogen-bond donors (Lipinski definition) is 2. The molecule has 1 aliphatic heterocycles. The summed E-state index contributed by atoms with van der Waals surface area (Å²) in [7, 11) is 0. The molecule has 1 atom stereocenters. The van der Waals surface area contributed by atoms with Crippen molar-refractivity contribution in [2.24, 2.45) is 5.41 Å². The van der Waals surface area contributed by atoms with Crippen molar-refractivity contribution >= 4 is 23.2 Å². The molecule has 1 saturated heterocycles. The molecular formula is C25H31ClF2N2O3. The molecule has 1 fully saturated rings. The van der Waals surface area contributed by atoms with E-state index in [9.17, 15) is 18.7 Å². The van der Waals surface area contributed by atoms with Gasteiger partial charge in [0.15, 0.2) is 11.6 Å². The molecule has 1 amide bonds. The zero-order valence-corrected chi connectivity index (χ0v) is 20.0. The van der Waals surface area contributed by atoms with Gasteiger partial charge in [-0.05, 0) is 48.7 Å². The van der Waals surface area contributed by atoms with E-state index in [4.69, 9.17) is 16.3 Å². The third kappa shape index (κ3) is 6.43. The molecule has 1 heterocycles. The minimum absolute atomic E-state index is 0.200. The van der Waals surface area contributed by atoms with Crippen molar-refractivity contribution in [2.75, 3.05) is 31.6 Å². The van der Waals surface area contributed by atoms with E-state index >= 15 is 0 Å². The van der Waals surface area contributed by atoms with Crippen LogP contribution in [0.4, 0.5) is 14.5 Å². The number of hydrogen-bond acceptors (Lipinski definition) is 4. The van der Waals surface area contributed by atoms with Gasteiger partial charge in [-0.1, -0.05) is 31.5 Å². The maximum atomic E-state index is 13.6. The minimum Gasteiger partial charge on any atom is -0.491 e. The molecular weight excluding hydrogens is 450 g/mol. The van der Waals surface area contributed by atoms with Crippen LogP contribution in [0.3, 0.4) is 0 Å². The maximum absolute atomic E-state index is 13.6. The summed E-state index contributed by atoms with van der Waals surface area (Å²) in [6, 6.07) is 8.90. The van der Waals surface area contributed by atoms with Crippen molar-refractivity contribution in [3.05, 3.63) is 58.6 Å². The Hall–Kier alpha value is -2.22. The van der Waals surface area contributed by atoms with Crippen LogP contribution in [-0.2, 0) is 11.2 Å². The van der Waals surface area contributed by atoms with Gasteiger partial charge in [-0.2, -0.15) is 0 Å². The highest BCUT2D eigenvalue weighted by atomic mass is 35.5. The average molecular weight is 481 g/mol. The van der Waals surface area contributed by atoms with Gasteiger partial charge in [0.2, 0.25) is 5.91 Å². The van der Waals surface area contributed by atoms with Crippen LogP contribution in [0.2, 0.25) is 5.02 Å². The van der Waals surface area contributed by atoms with Crippen LogP contribution < -0.4 is 10.1 Å². The Labute approximate surface area is 198 Å². The number of aliphatic hydroxyl groups is 1. The lowest BCUT2D eigenvalue weighted by Crippen LogP contribution is -2.58. The highest BCUT2D eigenvalue weighted by Gasteiger charge is 2.47. The molecule has 1 aliphatic rings. The molecule has 3 rings (SSSR count). The monoisotopic (exact) mass is 480 g/mol. The second-order valence-corrected chi connectivity index (χ2v) is 9.83. The normalized spacial score (nSPS) is 20.5. The van der Waals surface area contributed by atoms with Crippen molar-refractivity contribution < 1.29 is 23.4 Å². The number of amides is 1. The summed E-state index contributed by atoms with van der Waals surface area (Å²) < 4.78 is 32.7. The number of nitrogens with zero attached hydrogens (tertiary/aromatic N) is 1. The van der Waals surface area contributed by atoms with E-state index in [1.807, 2.05) is 13.8 Å². The molecule has 8 heteroatoms. The van der Waals surface area contributed by atoms with E-state index in [0.29, 0.717) is 48.1 Å². The van der Waals surface area contributed by atoms with E-state index in [2.05, 4.69) is 10.2 Å². The number of ether oxygens (including phenoxy) is 1. The van der Waals surface area contributed by atoms with Gasteiger partial charge in [0.05, 0.1) is 17.9 Å². The number of benzene rings is 2. The van der Waals surface area contributed by atoms with Gasteiger partial charge in [-0.3, -0.25) is 4.79 Å². The molecule has 180 valence electrons. The first-order valence-electron chi connectivity index (χ1n) is 11.1. The molecule has 0 saturated carbocycles. The van der Waals surface area contributed by atoms with Crippen LogP contribution >= 0.6 is 11.6 Å². The van der Waals surface area contributed by atoms with Crippen molar-refractivity contribution in [1.29, 1.82) is 0 Å². The Morgan fingerprint density at radius 3 is 2.64 bits per heavy atom. The molecule has 2 aromatic rings. The predicted octanol–water partition coefficient (Wildman–Crippen LogP) is 5.05. The summed E-state index contributed by atoms with van der Waals surface area (Å²) in [5.41, 5.74) is -0.326. The average Bonchev–Trinajstić information content (AvgIpc) is 2.72. The van der Waals surface area contributed by atoms with Gasteiger partial charge in [0.1, 0.15) is 5.75 Å². The largest absolute Gasteiger partial charge is 0.491 e. The van der Waals surface area contributed by atoms with Gasteiger partial charge in [0.25, 0.3) is 0 Å². The van der Waals surface area contributed by atoms with Crippen LogP contribution in [0.25, 0.3) is 0 Å². The minimum atomic E-state index is -1.01. The summed E-state index contributed by atoms with van der Waals surface area (Å²) in [5.74, 6) is -1.42. The van der Waals surface area contributed by atoms with Crippen LogP contribution in [0.5, 0.6) is 5.75 Å². The zero-order chi connectivity index (χ0) is 24.2. The van der Waals surface area contributed by atoms with Crippen LogP contribution in [-0.4, -0.2) is 47.8 Å². The Bertz CT molecular complexity index is 1000. The summed E-state index contributed by atoms with van der Waals surface area (Å²) in [5, 5.41) is 14.6. The van der Waals surface area contributed by atoms with Crippen LogP contribution in [0.15, 0.2) is 36.4 Å². The highest BCUT2D eigenvalue weighted by Crippen LogP contribution is 2.41. The number of carbonyl (C=O) groups excluding carboxylic acids is 1. The molecule has 5 nitrogen and oxygen atoms in total. The first-order valence-corrected chi connectivity index (χ1v) is 11.5. The molecule has 0 bridgehead atoms. The number of rotatable bonds is 8. The lowest BCUT2D eigenvalue weighted by molar-refractivity contribution is -0.118. The standard InChI is InChI=1S/C25H31ClF2N2O3/c1-17(31)29-22-14-19(26)6-8-23(22)33-12-4-10-30-11-9-25(32,24(2,3)16-30)15-18-5-7-20(27)21(28)13-18/h5-8,13-14,32H,4,9-12,15-16H2,1-3H3,(H,29,31). The Morgan fingerprint density at radius 2 is 1.97 bits per heavy atom. The molecule has 0 radical (unpaired) electrons. The van der Waals surface area contributed by atoms with Gasteiger partial charge in [-0.15, -0.1) is 0 Å². The Kier molecular flexibility index (Phi) is 7.98. The van der Waals surface area contributed by atoms with Gasteiger partial charge >= 0.3 is 0 Å². The summed E-state index contributed by atoms with van der Waals surface area (Å²) >= 11 is 6.01. The van der Waals surface area contributed by atoms with E-state index < -0.39 is 22.7 Å². The van der Waals surface area contributed by atoms with Crippen molar-refractivity contribution in [1.82, 2.24) is 4.90 Å². The number of nitrogens with one attached hydrogen (secondary N) is 1. The summed E-state index contributed by atoms with van der Waals surface area (Å²) in [6.07, 6.45) is 1.57. The molecule has 2 aromatic carbocycles. The quantitative estimate of drug-likeness (QED) is 0.519. The van der Waals surface area contributed by atoms with E-state index in [-0.39, 0.29) is 12.3 Å².